The first kappa shape index (κ1) is 17.2. The average molecular weight is 358 g/mol. The molecule has 8 heteroatoms. The van der Waals surface area contributed by atoms with Gasteiger partial charge in [-0.05, 0) is 37.6 Å². The quantitative estimate of drug-likeness (QED) is 0.875. The van der Waals surface area contributed by atoms with Crippen LogP contribution in [0.5, 0.6) is 0 Å². The van der Waals surface area contributed by atoms with Gasteiger partial charge in [-0.3, -0.25) is 4.72 Å². The standard InChI is InChI=1S/C15H13ClFNO4S/c1-8-3-4-13(9(2)5-8)18-23(21,22)14-6-10(15(19)20)12(17)7-11(14)16/h3-7,18H,1-2H3,(H,19,20). The van der Waals surface area contributed by atoms with Crippen LogP contribution < -0.4 is 4.72 Å². The zero-order valence-electron chi connectivity index (χ0n) is 12.2. The first-order valence-electron chi connectivity index (χ1n) is 6.44. The first-order valence-corrected chi connectivity index (χ1v) is 8.30. The van der Waals surface area contributed by atoms with Crippen LogP contribution in [0.1, 0.15) is 21.5 Å². The predicted molar refractivity (Wildman–Crippen MR) is 85.1 cm³/mol. The lowest BCUT2D eigenvalue weighted by molar-refractivity contribution is 0.0691. The van der Waals surface area contributed by atoms with E-state index in [-0.39, 0.29) is 0 Å². The molecule has 122 valence electrons. The van der Waals surface area contributed by atoms with Gasteiger partial charge in [-0.1, -0.05) is 29.3 Å². The highest BCUT2D eigenvalue weighted by atomic mass is 35.5. The number of hydrogen-bond donors (Lipinski definition) is 2. The van der Waals surface area contributed by atoms with Gasteiger partial charge in [-0.2, -0.15) is 0 Å². The molecule has 0 atom stereocenters. The second-order valence-corrected chi connectivity index (χ2v) is 7.05. The van der Waals surface area contributed by atoms with Crippen LogP contribution in [0, 0.1) is 19.7 Å². The lowest BCUT2D eigenvalue weighted by atomic mass is 10.1. The number of rotatable bonds is 4. The molecule has 2 N–H and O–H groups in total. The van der Waals surface area contributed by atoms with E-state index in [2.05, 4.69) is 4.72 Å². The summed E-state index contributed by atoms with van der Waals surface area (Å²) in [7, 11) is -4.16. The summed E-state index contributed by atoms with van der Waals surface area (Å²) >= 11 is 5.77. The molecule has 0 heterocycles. The molecule has 0 aliphatic rings. The predicted octanol–water partition coefficient (Wildman–Crippen LogP) is 3.59. The third-order valence-corrected chi connectivity index (χ3v) is 5.00. The third-order valence-electron chi connectivity index (χ3n) is 3.17. The van der Waals surface area contributed by atoms with Crippen LogP contribution in [0.4, 0.5) is 10.1 Å². The van der Waals surface area contributed by atoms with Crippen LogP contribution in [-0.4, -0.2) is 19.5 Å². The summed E-state index contributed by atoms with van der Waals surface area (Å²) < 4.78 is 40.7. The normalized spacial score (nSPS) is 11.3. The smallest absolute Gasteiger partial charge is 0.338 e. The Labute approximate surface area is 137 Å². The van der Waals surface area contributed by atoms with Crippen LogP contribution in [0.25, 0.3) is 0 Å². The highest BCUT2D eigenvalue weighted by molar-refractivity contribution is 7.92. The second-order valence-electron chi connectivity index (χ2n) is 4.99. The van der Waals surface area contributed by atoms with E-state index in [0.717, 1.165) is 5.56 Å². The van der Waals surface area contributed by atoms with Crippen molar-refractivity contribution in [3.8, 4) is 0 Å². The van der Waals surface area contributed by atoms with Crippen molar-refractivity contribution in [1.29, 1.82) is 0 Å². The first-order chi connectivity index (χ1) is 10.6. The Bertz CT molecular complexity index is 897. The van der Waals surface area contributed by atoms with Gasteiger partial charge < -0.3 is 5.11 Å². The van der Waals surface area contributed by atoms with Crippen molar-refractivity contribution >= 4 is 33.3 Å². The fourth-order valence-corrected chi connectivity index (χ4v) is 3.70. The van der Waals surface area contributed by atoms with Crippen molar-refractivity contribution in [3.05, 3.63) is 57.9 Å². The fourth-order valence-electron chi connectivity index (χ4n) is 2.03. The summed E-state index contributed by atoms with van der Waals surface area (Å²) in [6, 6.07) is 6.46. The number of aromatic carboxylic acids is 1. The molecule has 0 spiro atoms. The van der Waals surface area contributed by atoms with Crippen molar-refractivity contribution in [2.75, 3.05) is 4.72 Å². The van der Waals surface area contributed by atoms with Gasteiger partial charge >= 0.3 is 5.97 Å². The van der Waals surface area contributed by atoms with Gasteiger partial charge in [0.1, 0.15) is 10.7 Å². The molecule has 5 nitrogen and oxygen atoms in total. The Morgan fingerprint density at radius 2 is 1.87 bits per heavy atom. The molecule has 2 aromatic rings. The number of sulfonamides is 1. The summed E-state index contributed by atoms with van der Waals surface area (Å²) in [6.45, 7) is 3.58. The topological polar surface area (TPSA) is 83.5 Å². The number of carboxylic acids is 1. The molecule has 0 amide bonds. The van der Waals surface area contributed by atoms with E-state index in [1.165, 1.54) is 0 Å². The Balaban J connectivity index is 2.51. The van der Waals surface area contributed by atoms with Crippen LogP contribution >= 0.6 is 11.6 Å². The van der Waals surface area contributed by atoms with Crippen LogP contribution in [0.3, 0.4) is 0 Å². The number of aryl methyl sites for hydroxylation is 2. The number of carbonyl (C=O) groups is 1. The molecular weight excluding hydrogens is 345 g/mol. The van der Waals surface area contributed by atoms with Crippen molar-refractivity contribution in [2.24, 2.45) is 0 Å². The molecule has 0 aromatic heterocycles. The zero-order chi connectivity index (χ0) is 17.4. The number of halogens is 2. The fraction of sp³-hybridized carbons (Fsp3) is 0.133. The van der Waals surface area contributed by atoms with Crippen LogP contribution in [0.2, 0.25) is 5.02 Å². The minimum Gasteiger partial charge on any atom is -0.478 e. The number of anilines is 1. The van der Waals surface area contributed by atoms with Crippen LogP contribution in [0.15, 0.2) is 35.2 Å². The van der Waals surface area contributed by atoms with Crippen molar-refractivity contribution in [1.82, 2.24) is 0 Å². The van der Waals surface area contributed by atoms with E-state index in [0.29, 0.717) is 23.4 Å². The molecule has 0 saturated carbocycles. The van der Waals surface area contributed by atoms with Gasteiger partial charge in [0.15, 0.2) is 0 Å². The average Bonchev–Trinajstić information content (AvgIpc) is 2.41. The third kappa shape index (κ3) is 3.62. The molecule has 0 radical (unpaired) electrons. The van der Waals surface area contributed by atoms with Gasteiger partial charge in [0.2, 0.25) is 0 Å². The number of nitrogens with one attached hydrogen (secondary N) is 1. The molecule has 0 bridgehead atoms. The van der Waals surface area contributed by atoms with E-state index in [1.54, 1.807) is 25.1 Å². The van der Waals surface area contributed by atoms with Crippen molar-refractivity contribution in [3.63, 3.8) is 0 Å². The van der Waals surface area contributed by atoms with Crippen molar-refractivity contribution in [2.45, 2.75) is 18.7 Å². The summed E-state index contributed by atoms with van der Waals surface area (Å²) in [5.74, 6) is -2.69. The maximum atomic E-state index is 13.5. The summed E-state index contributed by atoms with van der Waals surface area (Å²) in [5, 5.41) is 8.51. The van der Waals surface area contributed by atoms with Gasteiger partial charge in [-0.15, -0.1) is 0 Å². The monoisotopic (exact) mass is 357 g/mol. The molecule has 0 unspecified atom stereocenters. The van der Waals surface area contributed by atoms with E-state index in [1.807, 2.05) is 6.92 Å². The van der Waals surface area contributed by atoms with E-state index < -0.39 is 37.3 Å². The maximum absolute atomic E-state index is 13.5. The van der Waals surface area contributed by atoms with Gasteiger partial charge in [0.05, 0.1) is 16.3 Å². The highest BCUT2D eigenvalue weighted by Gasteiger charge is 2.23. The van der Waals surface area contributed by atoms with E-state index in [9.17, 15) is 17.6 Å². The molecule has 0 fully saturated rings. The zero-order valence-corrected chi connectivity index (χ0v) is 13.8. The molecule has 0 saturated heterocycles. The molecular formula is C15H13ClFNO4S. The Hall–Kier alpha value is -2.12. The lowest BCUT2D eigenvalue weighted by Gasteiger charge is -2.13. The minimum atomic E-state index is -4.16. The Morgan fingerprint density at radius 3 is 2.43 bits per heavy atom. The Morgan fingerprint density at radius 1 is 1.22 bits per heavy atom. The molecule has 2 aromatic carbocycles. The molecule has 23 heavy (non-hydrogen) atoms. The van der Waals surface area contributed by atoms with E-state index >= 15 is 0 Å². The van der Waals surface area contributed by atoms with Crippen LogP contribution in [-0.2, 0) is 10.0 Å². The number of benzene rings is 2. The molecule has 2 rings (SSSR count). The Kier molecular flexibility index (Phi) is 4.63. The highest BCUT2D eigenvalue weighted by Crippen LogP contribution is 2.28. The van der Waals surface area contributed by atoms with Gasteiger partial charge in [0.25, 0.3) is 10.0 Å². The maximum Gasteiger partial charge on any atom is 0.338 e. The lowest BCUT2D eigenvalue weighted by Crippen LogP contribution is -2.16. The summed E-state index contributed by atoms with van der Waals surface area (Å²) in [6.07, 6.45) is 0. The SMILES string of the molecule is Cc1ccc(NS(=O)(=O)c2cc(C(=O)O)c(F)cc2Cl)c(C)c1. The summed E-state index contributed by atoms with van der Waals surface area (Å²) in [4.78, 5) is 10.5. The molecule has 0 aliphatic carbocycles. The second kappa shape index (κ2) is 6.17. The number of hydrogen-bond acceptors (Lipinski definition) is 3. The van der Waals surface area contributed by atoms with Gasteiger partial charge in [-0.25, -0.2) is 17.6 Å². The minimum absolute atomic E-state index is 0.327. The van der Waals surface area contributed by atoms with E-state index in [4.69, 9.17) is 16.7 Å². The summed E-state index contributed by atoms with van der Waals surface area (Å²) in [5.41, 5.74) is 1.20. The van der Waals surface area contributed by atoms with Crippen molar-refractivity contribution < 1.29 is 22.7 Å². The largest absolute Gasteiger partial charge is 0.478 e. The van der Waals surface area contributed by atoms with Gasteiger partial charge in [0, 0.05) is 0 Å². The number of carboxylic acid groups (broad SMARTS) is 1. The molecule has 0 aliphatic heterocycles.